The van der Waals surface area contributed by atoms with E-state index in [4.69, 9.17) is 22.8 Å². The summed E-state index contributed by atoms with van der Waals surface area (Å²) in [6.45, 7) is 4.72. The minimum absolute atomic E-state index is 0.106. The van der Waals surface area contributed by atoms with Gasteiger partial charge in [0.15, 0.2) is 5.82 Å². The quantitative estimate of drug-likeness (QED) is 0.632. The molecule has 1 N–H and O–H groups in total. The van der Waals surface area contributed by atoms with E-state index in [1.165, 1.54) is 0 Å². The van der Waals surface area contributed by atoms with Crippen LogP contribution < -0.4 is 5.32 Å². The van der Waals surface area contributed by atoms with E-state index < -0.39 is 0 Å². The largest absolute Gasteiger partial charge is 0.374 e. The Morgan fingerprint density at radius 1 is 1.62 bits per heavy atom. The second kappa shape index (κ2) is 6.31. The Kier molecular flexibility index (Phi) is 5.03. The topological polar surface area (TPSA) is 47.0 Å². The van der Waals surface area contributed by atoms with E-state index >= 15 is 0 Å². The predicted octanol–water partition coefficient (Wildman–Crippen LogP) is 2.10. The van der Waals surface area contributed by atoms with Crippen LogP contribution in [0.4, 0.5) is 5.82 Å². The number of anilines is 1. The molecular formula is C11H14ClN3O. The number of rotatable bonds is 5. The van der Waals surface area contributed by atoms with E-state index in [0.29, 0.717) is 30.0 Å². The molecule has 0 fully saturated rings. The van der Waals surface area contributed by atoms with Crippen LogP contribution in [0.5, 0.6) is 0 Å². The minimum Gasteiger partial charge on any atom is -0.374 e. The Hall–Kier alpha value is -1.31. The van der Waals surface area contributed by atoms with Gasteiger partial charge in [-0.1, -0.05) is 17.5 Å². The maximum absolute atomic E-state index is 5.86. The first-order valence-corrected chi connectivity index (χ1v) is 5.37. The first-order chi connectivity index (χ1) is 7.65. The summed E-state index contributed by atoms with van der Waals surface area (Å²) >= 11 is 5.86. The van der Waals surface area contributed by atoms with Crippen LogP contribution in [-0.2, 0) is 11.3 Å². The van der Waals surface area contributed by atoms with Crippen LogP contribution in [0.3, 0.4) is 0 Å². The Morgan fingerprint density at radius 3 is 3.00 bits per heavy atom. The number of aromatic nitrogens is 2. The summed E-state index contributed by atoms with van der Waals surface area (Å²) < 4.78 is 5.21. The van der Waals surface area contributed by atoms with Crippen LogP contribution in [0.25, 0.3) is 0 Å². The van der Waals surface area contributed by atoms with Crippen molar-refractivity contribution in [2.75, 3.05) is 11.9 Å². The molecular weight excluding hydrogens is 226 g/mol. The highest BCUT2D eigenvalue weighted by Crippen LogP contribution is 2.12. The minimum atomic E-state index is -0.106. The smallest absolute Gasteiger partial charge is 0.158 e. The van der Waals surface area contributed by atoms with Gasteiger partial charge >= 0.3 is 0 Å². The van der Waals surface area contributed by atoms with Gasteiger partial charge in [-0.25, -0.2) is 9.97 Å². The SMILES string of the molecule is C#CC(C)Nc1cc(Cl)nc(COCC)n1. The van der Waals surface area contributed by atoms with Gasteiger partial charge in [-0.2, -0.15) is 0 Å². The van der Waals surface area contributed by atoms with Gasteiger partial charge in [0.05, 0.1) is 6.04 Å². The number of nitrogens with zero attached hydrogens (tertiary/aromatic N) is 2. The lowest BCUT2D eigenvalue weighted by Crippen LogP contribution is -2.14. The van der Waals surface area contributed by atoms with Crippen LogP contribution in [0, 0.1) is 12.3 Å². The maximum Gasteiger partial charge on any atom is 0.158 e. The molecule has 0 saturated heterocycles. The second-order valence-corrected chi connectivity index (χ2v) is 3.55. The van der Waals surface area contributed by atoms with Crippen LogP contribution in [0.1, 0.15) is 19.7 Å². The van der Waals surface area contributed by atoms with Gasteiger partial charge < -0.3 is 10.1 Å². The first-order valence-electron chi connectivity index (χ1n) is 4.99. The molecule has 1 rings (SSSR count). The predicted molar refractivity (Wildman–Crippen MR) is 64.3 cm³/mol. The van der Waals surface area contributed by atoms with Crippen molar-refractivity contribution in [3.63, 3.8) is 0 Å². The summed E-state index contributed by atoms with van der Waals surface area (Å²) in [6.07, 6.45) is 5.26. The molecule has 1 heterocycles. The molecule has 5 heteroatoms. The molecule has 0 spiro atoms. The molecule has 0 radical (unpaired) electrons. The lowest BCUT2D eigenvalue weighted by Gasteiger charge is -2.09. The molecule has 0 aromatic carbocycles. The Morgan fingerprint density at radius 2 is 2.38 bits per heavy atom. The van der Waals surface area contributed by atoms with E-state index in [9.17, 15) is 0 Å². The molecule has 4 nitrogen and oxygen atoms in total. The summed E-state index contributed by atoms with van der Waals surface area (Å²) in [7, 11) is 0. The van der Waals surface area contributed by atoms with Crippen LogP contribution in [0.15, 0.2) is 6.07 Å². The molecule has 0 aliphatic rings. The van der Waals surface area contributed by atoms with Gasteiger partial charge in [-0.3, -0.25) is 0 Å². The number of ether oxygens (including phenoxy) is 1. The van der Waals surface area contributed by atoms with Crippen molar-refractivity contribution in [1.82, 2.24) is 9.97 Å². The molecule has 0 saturated carbocycles. The molecule has 0 aliphatic carbocycles. The normalized spacial score (nSPS) is 11.9. The number of nitrogens with one attached hydrogen (secondary N) is 1. The molecule has 1 aromatic heterocycles. The first kappa shape index (κ1) is 12.8. The Bertz CT molecular complexity index is 389. The van der Waals surface area contributed by atoms with Gasteiger partial charge in [0, 0.05) is 12.7 Å². The fourth-order valence-electron chi connectivity index (χ4n) is 1.06. The standard InChI is InChI=1S/C11H14ClN3O/c1-4-8(3)13-10-6-9(12)14-11(15-10)7-16-5-2/h1,6,8H,5,7H2,2-3H3,(H,13,14,15). The second-order valence-electron chi connectivity index (χ2n) is 3.16. The van der Waals surface area contributed by atoms with E-state index in [0.717, 1.165) is 0 Å². The van der Waals surface area contributed by atoms with Gasteiger partial charge in [-0.05, 0) is 13.8 Å². The van der Waals surface area contributed by atoms with Gasteiger partial charge in [0.25, 0.3) is 0 Å². The molecule has 86 valence electrons. The maximum atomic E-state index is 5.86. The summed E-state index contributed by atoms with van der Waals surface area (Å²) in [5.74, 6) is 3.70. The zero-order valence-corrected chi connectivity index (χ0v) is 10.1. The summed E-state index contributed by atoms with van der Waals surface area (Å²) in [5, 5.41) is 3.39. The number of halogens is 1. The molecule has 16 heavy (non-hydrogen) atoms. The summed E-state index contributed by atoms with van der Waals surface area (Å²) in [5.41, 5.74) is 0. The molecule has 0 aliphatic heterocycles. The van der Waals surface area contributed by atoms with Crippen molar-refractivity contribution in [3.05, 3.63) is 17.0 Å². The van der Waals surface area contributed by atoms with Gasteiger partial charge in [0.2, 0.25) is 0 Å². The third-order valence-corrected chi connectivity index (χ3v) is 1.98. The van der Waals surface area contributed by atoms with E-state index in [1.54, 1.807) is 6.07 Å². The van der Waals surface area contributed by atoms with Crippen LogP contribution in [0.2, 0.25) is 5.15 Å². The molecule has 1 aromatic rings. The average molecular weight is 240 g/mol. The van der Waals surface area contributed by atoms with Gasteiger partial charge in [0.1, 0.15) is 17.6 Å². The third kappa shape index (κ3) is 4.05. The zero-order valence-electron chi connectivity index (χ0n) is 9.33. The highest BCUT2D eigenvalue weighted by molar-refractivity contribution is 6.29. The molecule has 0 amide bonds. The zero-order chi connectivity index (χ0) is 12.0. The van der Waals surface area contributed by atoms with Gasteiger partial charge in [-0.15, -0.1) is 6.42 Å². The number of hydrogen-bond acceptors (Lipinski definition) is 4. The number of hydrogen-bond donors (Lipinski definition) is 1. The van der Waals surface area contributed by atoms with Crippen molar-refractivity contribution in [2.45, 2.75) is 26.5 Å². The van der Waals surface area contributed by atoms with Crippen molar-refractivity contribution >= 4 is 17.4 Å². The lowest BCUT2D eigenvalue weighted by molar-refractivity contribution is 0.128. The van der Waals surface area contributed by atoms with E-state index in [1.807, 2.05) is 13.8 Å². The fraction of sp³-hybridized carbons (Fsp3) is 0.455. The lowest BCUT2D eigenvalue weighted by atomic mass is 10.3. The van der Waals surface area contributed by atoms with Crippen LogP contribution in [-0.4, -0.2) is 22.6 Å². The molecule has 1 atom stereocenters. The van der Waals surface area contributed by atoms with Crippen molar-refractivity contribution in [3.8, 4) is 12.3 Å². The van der Waals surface area contributed by atoms with Crippen molar-refractivity contribution in [2.24, 2.45) is 0 Å². The fourth-order valence-corrected chi connectivity index (χ4v) is 1.26. The summed E-state index contributed by atoms with van der Waals surface area (Å²) in [6, 6.07) is 1.52. The highest BCUT2D eigenvalue weighted by atomic mass is 35.5. The third-order valence-electron chi connectivity index (χ3n) is 1.79. The van der Waals surface area contributed by atoms with E-state index in [-0.39, 0.29) is 6.04 Å². The molecule has 1 unspecified atom stereocenters. The molecule has 0 bridgehead atoms. The monoisotopic (exact) mass is 239 g/mol. The van der Waals surface area contributed by atoms with Crippen molar-refractivity contribution < 1.29 is 4.74 Å². The number of terminal acetylenes is 1. The average Bonchev–Trinajstić information content (AvgIpc) is 2.25. The van der Waals surface area contributed by atoms with Crippen LogP contribution >= 0.6 is 11.6 Å². The highest BCUT2D eigenvalue weighted by Gasteiger charge is 2.05. The Labute approximate surface area is 100 Å². The summed E-state index contributed by atoms with van der Waals surface area (Å²) in [4.78, 5) is 8.27. The van der Waals surface area contributed by atoms with E-state index in [2.05, 4.69) is 21.2 Å². The van der Waals surface area contributed by atoms with Crippen molar-refractivity contribution in [1.29, 1.82) is 0 Å². The Balaban J connectivity index is 2.77.